The normalized spacial score (nSPS) is 15.7. The van der Waals surface area contributed by atoms with Crippen LogP contribution in [0.1, 0.15) is 31.2 Å². The van der Waals surface area contributed by atoms with Gasteiger partial charge in [-0.2, -0.15) is 0 Å². The fourth-order valence-corrected chi connectivity index (χ4v) is 2.76. The molecule has 1 saturated carbocycles. The number of rotatable bonds is 6. The van der Waals surface area contributed by atoms with Crippen LogP contribution in [0.15, 0.2) is 43.0 Å². The highest BCUT2D eigenvalue weighted by Gasteiger charge is 2.45. The zero-order chi connectivity index (χ0) is 14.7. The molecule has 2 aromatic rings. The van der Waals surface area contributed by atoms with Crippen molar-refractivity contribution < 1.29 is 4.79 Å². The predicted octanol–water partition coefficient (Wildman–Crippen LogP) is 3.12. The highest BCUT2D eigenvalue weighted by molar-refractivity contribution is 6.30. The molecule has 1 amide bonds. The molecule has 0 spiro atoms. The van der Waals surface area contributed by atoms with Crippen molar-refractivity contribution in [3.8, 4) is 0 Å². The number of aromatic nitrogens is 2. The Balaban J connectivity index is 1.52. The molecule has 1 aromatic carbocycles. The van der Waals surface area contributed by atoms with Crippen LogP contribution >= 0.6 is 11.6 Å². The van der Waals surface area contributed by atoms with Crippen LogP contribution in [0.4, 0.5) is 0 Å². The number of carbonyl (C=O) groups is 1. The number of benzene rings is 1. The van der Waals surface area contributed by atoms with Gasteiger partial charge in [-0.1, -0.05) is 23.7 Å². The fraction of sp³-hybridized carbons (Fsp3) is 0.375. The molecule has 0 bridgehead atoms. The summed E-state index contributed by atoms with van der Waals surface area (Å²) < 4.78 is 1.98. The van der Waals surface area contributed by atoms with E-state index >= 15 is 0 Å². The first-order chi connectivity index (χ1) is 10.2. The number of imidazole rings is 1. The molecule has 1 heterocycles. The average Bonchev–Trinajstić information content (AvgIpc) is 3.05. The van der Waals surface area contributed by atoms with E-state index in [2.05, 4.69) is 10.3 Å². The lowest BCUT2D eigenvalue weighted by molar-refractivity contribution is -0.122. The quantitative estimate of drug-likeness (QED) is 0.891. The molecule has 5 heteroatoms. The molecule has 0 atom stereocenters. The van der Waals surface area contributed by atoms with Gasteiger partial charge in [-0.3, -0.25) is 4.79 Å². The van der Waals surface area contributed by atoms with Gasteiger partial charge in [0.05, 0.1) is 11.9 Å². The molecule has 1 N–H and O–H groups in total. The van der Waals surface area contributed by atoms with Crippen molar-refractivity contribution in [1.82, 2.24) is 14.9 Å². The van der Waals surface area contributed by atoms with Crippen molar-refractivity contribution in [2.75, 3.05) is 0 Å². The maximum Gasteiger partial charge on any atom is 0.220 e. The summed E-state index contributed by atoms with van der Waals surface area (Å²) in [6.07, 6.45) is 8.74. The van der Waals surface area contributed by atoms with E-state index in [1.54, 1.807) is 12.5 Å². The third-order valence-corrected chi connectivity index (χ3v) is 4.12. The van der Waals surface area contributed by atoms with Gasteiger partial charge in [0.25, 0.3) is 0 Å². The number of hydrogen-bond acceptors (Lipinski definition) is 2. The third kappa shape index (κ3) is 3.45. The highest BCUT2D eigenvalue weighted by atomic mass is 35.5. The SMILES string of the molecule is O=C(CCCn1ccnc1)NC1(c2cccc(Cl)c2)CC1. The maximum atomic E-state index is 12.1. The Hall–Kier alpha value is -1.81. The van der Waals surface area contributed by atoms with Crippen molar-refractivity contribution in [3.05, 3.63) is 53.6 Å². The molecular formula is C16H18ClN3O. The van der Waals surface area contributed by atoms with Gasteiger partial charge in [-0.05, 0) is 37.0 Å². The molecule has 110 valence electrons. The van der Waals surface area contributed by atoms with E-state index in [0.29, 0.717) is 11.4 Å². The van der Waals surface area contributed by atoms with E-state index < -0.39 is 0 Å². The lowest BCUT2D eigenvalue weighted by Crippen LogP contribution is -2.34. The summed E-state index contributed by atoms with van der Waals surface area (Å²) in [7, 11) is 0. The number of amides is 1. The molecule has 21 heavy (non-hydrogen) atoms. The van der Waals surface area contributed by atoms with Crippen molar-refractivity contribution in [1.29, 1.82) is 0 Å². The molecule has 1 aromatic heterocycles. The minimum absolute atomic E-state index is 0.104. The number of carbonyl (C=O) groups excluding carboxylic acids is 1. The highest BCUT2D eigenvalue weighted by Crippen LogP contribution is 2.46. The first-order valence-corrected chi connectivity index (χ1v) is 7.59. The largest absolute Gasteiger partial charge is 0.347 e. The average molecular weight is 304 g/mol. The summed E-state index contributed by atoms with van der Waals surface area (Å²) in [6, 6.07) is 7.77. The van der Waals surface area contributed by atoms with Crippen molar-refractivity contribution >= 4 is 17.5 Å². The molecule has 0 unspecified atom stereocenters. The van der Waals surface area contributed by atoms with Crippen LogP contribution in [0.3, 0.4) is 0 Å². The van der Waals surface area contributed by atoms with Crippen LogP contribution in [-0.2, 0) is 16.9 Å². The van der Waals surface area contributed by atoms with E-state index in [1.165, 1.54) is 0 Å². The number of nitrogens with zero attached hydrogens (tertiary/aromatic N) is 2. The van der Waals surface area contributed by atoms with Crippen LogP contribution in [0, 0.1) is 0 Å². The second-order valence-corrected chi connectivity index (χ2v) is 5.98. The van der Waals surface area contributed by atoms with E-state index in [9.17, 15) is 4.79 Å². The summed E-state index contributed by atoms with van der Waals surface area (Å²) in [5.74, 6) is 0.104. The van der Waals surface area contributed by atoms with Crippen molar-refractivity contribution in [3.63, 3.8) is 0 Å². The molecule has 4 nitrogen and oxygen atoms in total. The Bertz CT molecular complexity index is 620. The lowest BCUT2D eigenvalue weighted by Gasteiger charge is -2.18. The van der Waals surface area contributed by atoms with Gasteiger partial charge >= 0.3 is 0 Å². The van der Waals surface area contributed by atoms with Crippen LogP contribution in [0.25, 0.3) is 0 Å². The van der Waals surface area contributed by atoms with E-state index in [-0.39, 0.29) is 11.4 Å². The van der Waals surface area contributed by atoms with Gasteiger partial charge in [0.1, 0.15) is 0 Å². The van der Waals surface area contributed by atoms with Crippen molar-refractivity contribution in [2.45, 2.75) is 37.8 Å². The lowest BCUT2D eigenvalue weighted by atomic mass is 10.0. The fourth-order valence-electron chi connectivity index (χ4n) is 2.57. The Labute approximate surface area is 129 Å². The van der Waals surface area contributed by atoms with E-state index in [0.717, 1.165) is 31.4 Å². The van der Waals surface area contributed by atoms with E-state index in [4.69, 9.17) is 11.6 Å². The Morgan fingerprint density at radius 2 is 2.29 bits per heavy atom. The molecule has 1 aliphatic rings. The third-order valence-electron chi connectivity index (χ3n) is 3.89. The summed E-state index contributed by atoms with van der Waals surface area (Å²) in [4.78, 5) is 16.1. The summed E-state index contributed by atoms with van der Waals surface area (Å²) in [6.45, 7) is 0.817. The second-order valence-electron chi connectivity index (χ2n) is 5.54. The van der Waals surface area contributed by atoms with Gasteiger partial charge in [0.15, 0.2) is 0 Å². The van der Waals surface area contributed by atoms with Gasteiger partial charge in [0.2, 0.25) is 5.91 Å². The van der Waals surface area contributed by atoms with Gasteiger partial charge in [0, 0.05) is 30.4 Å². The molecule has 0 radical (unpaired) electrons. The predicted molar refractivity (Wildman–Crippen MR) is 82.0 cm³/mol. The minimum atomic E-state index is -0.184. The second kappa shape index (κ2) is 5.90. The summed E-state index contributed by atoms with van der Waals surface area (Å²) in [5, 5.41) is 3.88. The maximum absolute atomic E-state index is 12.1. The molecular weight excluding hydrogens is 286 g/mol. The first kappa shape index (κ1) is 14.1. The van der Waals surface area contributed by atoms with Crippen LogP contribution in [-0.4, -0.2) is 15.5 Å². The Morgan fingerprint density at radius 1 is 1.43 bits per heavy atom. The zero-order valence-electron chi connectivity index (χ0n) is 11.8. The monoisotopic (exact) mass is 303 g/mol. The molecule has 3 rings (SSSR count). The Kier molecular flexibility index (Phi) is 3.97. The van der Waals surface area contributed by atoms with E-state index in [1.807, 2.05) is 35.0 Å². The van der Waals surface area contributed by atoms with Gasteiger partial charge < -0.3 is 9.88 Å². The Morgan fingerprint density at radius 3 is 2.95 bits per heavy atom. The molecule has 1 fully saturated rings. The number of aryl methyl sites for hydroxylation is 1. The van der Waals surface area contributed by atoms with Gasteiger partial charge in [-0.15, -0.1) is 0 Å². The number of nitrogens with one attached hydrogen (secondary N) is 1. The molecule has 0 aliphatic heterocycles. The smallest absolute Gasteiger partial charge is 0.220 e. The zero-order valence-corrected chi connectivity index (χ0v) is 12.5. The summed E-state index contributed by atoms with van der Waals surface area (Å²) in [5.41, 5.74) is 0.926. The topological polar surface area (TPSA) is 46.9 Å². The number of hydrogen-bond donors (Lipinski definition) is 1. The standard InChI is InChI=1S/C16H18ClN3O/c17-14-4-1-3-13(11-14)16(6-7-16)19-15(21)5-2-9-20-10-8-18-12-20/h1,3-4,8,10-12H,2,5-7,9H2,(H,19,21). The van der Waals surface area contributed by atoms with Gasteiger partial charge in [-0.25, -0.2) is 4.98 Å². The van der Waals surface area contributed by atoms with Crippen LogP contribution in [0.5, 0.6) is 0 Å². The minimum Gasteiger partial charge on any atom is -0.347 e. The first-order valence-electron chi connectivity index (χ1n) is 7.21. The molecule has 0 saturated heterocycles. The van der Waals surface area contributed by atoms with Crippen LogP contribution in [0.2, 0.25) is 5.02 Å². The molecule has 1 aliphatic carbocycles. The van der Waals surface area contributed by atoms with Crippen molar-refractivity contribution in [2.24, 2.45) is 0 Å². The summed E-state index contributed by atoms with van der Waals surface area (Å²) >= 11 is 6.03. The van der Waals surface area contributed by atoms with Crippen LogP contribution < -0.4 is 5.32 Å². The number of halogens is 1.